The van der Waals surface area contributed by atoms with Crippen LogP contribution in [0.1, 0.15) is 196 Å². The van der Waals surface area contributed by atoms with E-state index in [1.807, 2.05) is 0 Å². The lowest BCUT2D eigenvalue weighted by atomic mass is 9.75. The summed E-state index contributed by atoms with van der Waals surface area (Å²) < 4.78 is 0. The number of nitrogens with zero attached hydrogens (tertiary/aromatic N) is 2. The first-order chi connectivity index (χ1) is 21.2. The van der Waals surface area contributed by atoms with Crippen molar-refractivity contribution in [3.8, 4) is 0 Å². The molecule has 0 saturated carbocycles. The van der Waals surface area contributed by atoms with Crippen LogP contribution in [0.15, 0.2) is 0 Å². The monoisotopic (exact) mass is 621 g/mol. The first kappa shape index (κ1) is 39.7. The zero-order valence-electron chi connectivity index (χ0n) is 30.3. The fraction of sp³-hybridized carbons (Fsp3) is 0.974. The van der Waals surface area contributed by atoms with E-state index in [0.29, 0.717) is 5.78 Å². The third-order valence-electron chi connectivity index (χ3n) is 11.2. The largest absolute Gasteiger partial charge is 0.378 e. The highest BCUT2D eigenvalue weighted by atomic mass is 16.3. The Hall–Kier alpha value is -0.490. The van der Waals surface area contributed by atoms with Crippen LogP contribution < -0.4 is 0 Å². The Balaban J connectivity index is 1.70. The van der Waals surface area contributed by atoms with Crippen molar-refractivity contribution in [2.45, 2.75) is 232 Å². The van der Waals surface area contributed by atoms with Crippen molar-refractivity contribution in [2.75, 3.05) is 0 Å². The van der Waals surface area contributed by atoms with E-state index in [4.69, 9.17) is 0 Å². The number of likely N-dealkylation sites (tertiary alicyclic amines) is 2. The van der Waals surface area contributed by atoms with Gasteiger partial charge in [-0.25, -0.2) is 0 Å². The van der Waals surface area contributed by atoms with Gasteiger partial charge in [-0.15, -0.1) is 0 Å². The van der Waals surface area contributed by atoms with Crippen molar-refractivity contribution >= 4 is 5.78 Å². The molecule has 2 saturated heterocycles. The molecule has 0 spiro atoms. The maximum absolute atomic E-state index is 13.8. The van der Waals surface area contributed by atoms with Gasteiger partial charge in [0, 0.05) is 36.0 Å². The summed E-state index contributed by atoms with van der Waals surface area (Å²) >= 11 is 0. The minimum absolute atomic E-state index is 0.0963. The van der Waals surface area contributed by atoms with Crippen LogP contribution in [0.2, 0.25) is 0 Å². The van der Waals surface area contributed by atoms with Gasteiger partial charge < -0.3 is 10.2 Å². The van der Waals surface area contributed by atoms with Crippen LogP contribution in [0, 0.1) is 11.8 Å². The molecule has 0 aromatic rings. The molecule has 0 bridgehead atoms. The Morgan fingerprint density at radius 3 is 1.02 bits per heavy atom. The van der Waals surface area contributed by atoms with Crippen LogP contribution in [0.25, 0.3) is 0 Å². The third-order valence-corrected chi connectivity index (χ3v) is 11.2. The zero-order chi connectivity index (χ0) is 32.3. The number of piperidine rings is 2. The van der Waals surface area contributed by atoms with Crippen molar-refractivity contribution in [2.24, 2.45) is 11.8 Å². The molecule has 2 aliphatic rings. The first-order valence-electron chi connectivity index (χ1n) is 19.7. The summed E-state index contributed by atoms with van der Waals surface area (Å²) in [5.41, 5.74) is 0. The van der Waals surface area contributed by atoms with Gasteiger partial charge in [-0.2, -0.15) is 0 Å². The summed E-state index contributed by atoms with van der Waals surface area (Å²) in [4.78, 5) is 18.4. The number of ketones is 1. The predicted octanol–water partition coefficient (Wildman–Crippen LogP) is 10.0. The number of aliphatic hydroxyl groups excluding tert-OH is 2. The van der Waals surface area contributed by atoms with Crippen LogP contribution in [0.5, 0.6) is 0 Å². The van der Waals surface area contributed by atoms with Gasteiger partial charge >= 0.3 is 0 Å². The second-order valence-corrected chi connectivity index (χ2v) is 15.2. The zero-order valence-corrected chi connectivity index (χ0v) is 30.3. The minimum atomic E-state index is -0.392. The molecule has 6 unspecified atom stereocenters. The summed E-state index contributed by atoms with van der Waals surface area (Å²) in [6.07, 6.45) is 27.8. The van der Waals surface area contributed by atoms with Crippen LogP contribution in [-0.4, -0.2) is 62.4 Å². The average Bonchev–Trinajstić information content (AvgIpc) is 2.98. The number of unbranched alkanes of at least 4 members (excludes halogenated alkanes) is 16. The summed E-state index contributed by atoms with van der Waals surface area (Å²) in [5, 5.41) is 22.2. The molecule has 260 valence electrons. The van der Waals surface area contributed by atoms with E-state index < -0.39 is 12.5 Å². The summed E-state index contributed by atoms with van der Waals surface area (Å²) in [5.74, 6) is 0.640. The van der Waals surface area contributed by atoms with Crippen molar-refractivity contribution in [1.29, 1.82) is 0 Å². The Morgan fingerprint density at radius 2 is 0.750 bits per heavy atom. The number of rotatable bonds is 24. The summed E-state index contributed by atoms with van der Waals surface area (Å²) in [6.45, 7) is 13.4. The highest BCUT2D eigenvalue weighted by Crippen LogP contribution is 2.37. The van der Waals surface area contributed by atoms with Gasteiger partial charge in [0.15, 0.2) is 0 Å². The molecule has 2 rings (SSSR count). The highest BCUT2D eigenvalue weighted by Gasteiger charge is 2.42. The van der Waals surface area contributed by atoms with Crippen molar-refractivity contribution < 1.29 is 15.0 Å². The molecule has 2 N–H and O–H groups in total. The number of hydrogen-bond donors (Lipinski definition) is 2. The van der Waals surface area contributed by atoms with Crippen LogP contribution in [-0.2, 0) is 4.79 Å². The summed E-state index contributed by atoms with van der Waals surface area (Å²) in [7, 11) is 0. The SMILES string of the molecule is CCCCCCCCCCCC(O)N1C(C)CC(C(=O)C2CC(C)N(C(O)CCCCCCCCCCC)C(C)C2)CC1C. The lowest BCUT2D eigenvalue weighted by Crippen LogP contribution is -2.55. The third kappa shape index (κ3) is 14.1. The molecular weight excluding hydrogens is 544 g/mol. The fourth-order valence-corrected chi connectivity index (χ4v) is 8.74. The number of Topliss-reactive ketones (excluding diaryl/α,β-unsaturated/α-hetero) is 1. The molecule has 2 fully saturated rings. The van der Waals surface area contributed by atoms with Gasteiger partial charge in [-0.05, 0) is 79.1 Å². The first-order valence-corrected chi connectivity index (χ1v) is 19.7. The molecule has 0 aromatic carbocycles. The van der Waals surface area contributed by atoms with Crippen LogP contribution in [0.3, 0.4) is 0 Å². The average molecular weight is 621 g/mol. The Kier molecular flexibility index (Phi) is 20.7. The van der Waals surface area contributed by atoms with Gasteiger partial charge in [0.25, 0.3) is 0 Å². The molecule has 2 heterocycles. The molecule has 6 atom stereocenters. The Bertz CT molecular complexity index is 650. The normalized spacial score (nSPS) is 28.3. The van der Waals surface area contributed by atoms with Crippen LogP contribution in [0.4, 0.5) is 0 Å². The molecule has 0 aromatic heterocycles. The Labute approximate surface area is 274 Å². The molecule has 44 heavy (non-hydrogen) atoms. The molecule has 0 aliphatic carbocycles. The van der Waals surface area contributed by atoms with Gasteiger partial charge in [-0.1, -0.05) is 117 Å². The second kappa shape index (κ2) is 22.9. The number of carbonyl (C=O) groups is 1. The minimum Gasteiger partial charge on any atom is -0.378 e. The molecule has 0 radical (unpaired) electrons. The van der Waals surface area contributed by atoms with Crippen LogP contribution >= 0.6 is 0 Å². The predicted molar refractivity (Wildman–Crippen MR) is 188 cm³/mol. The molecule has 2 aliphatic heterocycles. The van der Waals surface area contributed by atoms with E-state index in [9.17, 15) is 15.0 Å². The van der Waals surface area contributed by atoms with E-state index in [1.165, 1.54) is 103 Å². The quantitative estimate of drug-likeness (QED) is 0.105. The van der Waals surface area contributed by atoms with E-state index in [1.54, 1.807) is 0 Å². The molecule has 5 heteroatoms. The molecule has 0 amide bonds. The number of aliphatic hydroxyl groups is 2. The van der Waals surface area contributed by atoms with E-state index in [0.717, 1.165) is 51.4 Å². The fourth-order valence-electron chi connectivity index (χ4n) is 8.74. The Morgan fingerprint density at radius 1 is 0.500 bits per heavy atom. The summed E-state index contributed by atoms with van der Waals surface area (Å²) in [6, 6.07) is 0.924. The van der Waals surface area contributed by atoms with Gasteiger partial charge in [0.2, 0.25) is 0 Å². The lowest BCUT2D eigenvalue weighted by Gasteiger charge is -2.47. The van der Waals surface area contributed by atoms with Gasteiger partial charge in [-0.3, -0.25) is 14.6 Å². The maximum atomic E-state index is 13.8. The standard InChI is InChI=1S/C39H76N2O3/c1-7-9-11-13-15-17-19-21-23-25-37(42)40-31(3)27-35(28-32(40)4)39(44)36-29-33(5)41(34(6)30-36)38(43)26-24-22-20-18-16-14-12-10-8-2/h31-38,42-43H,7-30H2,1-6H3. The lowest BCUT2D eigenvalue weighted by molar-refractivity contribution is -0.140. The maximum Gasteiger partial charge on any atom is 0.139 e. The highest BCUT2D eigenvalue weighted by molar-refractivity contribution is 5.84. The number of hydrogen-bond acceptors (Lipinski definition) is 5. The number of carbonyl (C=O) groups excluding carboxylic acids is 1. The molecule has 5 nitrogen and oxygen atoms in total. The van der Waals surface area contributed by atoms with Gasteiger partial charge in [0.1, 0.15) is 18.2 Å². The second-order valence-electron chi connectivity index (χ2n) is 15.2. The molecular formula is C39H76N2O3. The van der Waals surface area contributed by atoms with Crippen molar-refractivity contribution in [3.05, 3.63) is 0 Å². The van der Waals surface area contributed by atoms with E-state index >= 15 is 0 Å². The van der Waals surface area contributed by atoms with E-state index in [-0.39, 0.29) is 36.0 Å². The van der Waals surface area contributed by atoms with Crippen molar-refractivity contribution in [1.82, 2.24) is 9.80 Å². The van der Waals surface area contributed by atoms with Gasteiger partial charge in [0.05, 0.1) is 0 Å². The van der Waals surface area contributed by atoms with Crippen molar-refractivity contribution in [3.63, 3.8) is 0 Å². The van der Waals surface area contributed by atoms with E-state index in [2.05, 4.69) is 51.3 Å². The smallest absolute Gasteiger partial charge is 0.139 e. The topological polar surface area (TPSA) is 64.0 Å².